The normalized spacial score (nSPS) is 12.6. The van der Waals surface area contributed by atoms with Crippen LogP contribution in [-0.4, -0.2) is 16.3 Å². The van der Waals surface area contributed by atoms with Gasteiger partial charge in [0.15, 0.2) is 0 Å². The third-order valence-corrected chi connectivity index (χ3v) is 3.47. The van der Waals surface area contributed by atoms with E-state index in [-0.39, 0.29) is 11.9 Å². The van der Waals surface area contributed by atoms with Gasteiger partial charge in [0.2, 0.25) is 0 Å². The molecular formula is C16H21F2N3. The Morgan fingerprint density at radius 2 is 2.05 bits per heavy atom. The molecule has 1 N–H and O–H groups in total. The number of benzene rings is 1. The van der Waals surface area contributed by atoms with Gasteiger partial charge in [-0.1, -0.05) is 6.92 Å². The molecular weight excluding hydrogens is 272 g/mol. The van der Waals surface area contributed by atoms with Crippen LogP contribution in [0.25, 0.3) is 0 Å². The van der Waals surface area contributed by atoms with Gasteiger partial charge in [-0.15, -0.1) is 0 Å². The standard InChI is InChI=1S/C16H21F2N3/c1-4-7-19-15(16-8-11(2)20-21(16)3)10-12-9-13(17)5-6-14(12)18/h5-6,8-9,15,19H,4,7,10H2,1-3H3. The van der Waals surface area contributed by atoms with Crippen molar-refractivity contribution in [1.29, 1.82) is 0 Å². The Bertz CT molecular complexity index is 608. The summed E-state index contributed by atoms with van der Waals surface area (Å²) in [6.45, 7) is 4.80. The van der Waals surface area contributed by atoms with Crippen LogP contribution >= 0.6 is 0 Å². The monoisotopic (exact) mass is 293 g/mol. The lowest BCUT2D eigenvalue weighted by atomic mass is 10.0. The molecule has 5 heteroatoms. The summed E-state index contributed by atoms with van der Waals surface area (Å²) < 4.78 is 29.0. The van der Waals surface area contributed by atoms with Crippen LogP contribution in [0.2, 0.25) is 0 Å². The number of nitrogens with zero attached hydrogens (tertiary/aromatic N) is 2. The van der Waals surface area contributed by atoms with Crippen molar-refractivity contribution in [2.75, 3.05) is 6.54 Å². The van der Waals surface area contributed by atoms with Crippen molar-refractivity contribution in [2.24, 2.45) is 7.05 Å². The Morgan fingerprint density at radius 3 is 2.67 bits per heavy atom. The Labute approximate surface area is 124 Å². The molecule has 1 aromatic heterocycles. The molecule has 1 atom stereocenters. The zero-order chi connectivity index (χ0) is 15.4. The van der Waals surface area contributed by atoms with Gasteiger partial charge in [-0.05, 0) is 56.1 Å². The maximum atomic E-state index is 13.9. The highest BCUT2D eigenvalue weighted by Gasteiger charge is 2.18. The minimum atomic E-state index is -0.415. The first kappa shape index (κ1) is 15.6. The van der Waals surface area contributed by atoms with E-state index in [2.05, 4.69) is 17.3 Å². The predicted octanol–water partition coefficient (Wildman–Crippen LogP) is 3.29. The largest absolute Gasteiger partial charge is 0.308 e. The molecule has 0 saturated carbocycles. The summed E-state index contributed by atoms with van der Waals surface area (Å²) in [6, 6.07) is 5.47. The minimum Gasteiger partial charge on any atom is -0.308 e. The van der Waals surface area contributed by atoms with Crippen LogP contribution in [0.5, 0.6) is 0 Å². The van der Waals surface area contributed by atoms with Crippen LogP contribution < -0.4 is 5.32 Å². The Kier molecular flexibility index (Phi) is 5.07. The van der Waals surface area contributed by atoms with Crippen molar-refractivity contribution in [3.05, 3.63) is 52.9 Å². The van der Waals surface area contributed by atoms with Crippen LogP contribution in [0.15, 0.2) is 24.3 Å². The number of aryl methyl sites for hydroxylation is 2. The number of halogens is 2. The van der Waals surface area contributed by atoms with E-state index in [0.29, 0.717) is 12.0 Å². The molecule has 0 spiro atoms. The second-order valence-corrected chi connectivity index (χ2v) is 5.28. The molecule has 0 amide bonds. The molecule has 0 radical (unpaired) electrons. The minimum absolute atomic E-state index is 0.0903. The van der Waals surface area contributed by atoms with E-state index < -0.39 is 5.82 Å². The fourth-order valence-corrected chi connectivity index (χ4v) is 2.48. The van der Waals surface area contributed by atoms with Gasteiger partial charge in [-0.3, -0.25) is 4.68 Å². The van der Waals surface area contributed by atoms with E-state index in [1.54, 1.807) is 4.68 Å². The number of rotatable bonds is 6. The van der Waals surface area contributed by atoms with Crippen LogP contribution in [0, 0.1) is 18.6 Å². The van der Waals surface area contributed by atoms with Gasteiger partial charge in [0.1, 0.15) is 11.6 Å². The molecule has 0 saturated heterocycles. The second-order valence-electron chi connectivity index (χ2n) is 5.28. The predicted molar refractivity (Wildman–Crippen MR) is 79.0 cm³/mol. The zero-order valence-electron chi connectivity index (χ0n) is 12.7. The number of hydrogen-bond acceptors (Lipinski definition) is 2. The van der Waals surface area contributed by atoms with E-state index >= 15 is 0 Å². The van der Waals surface area contributed by atoms with Crippen molar-refractivity contribution < 1.29 is 8.78 Å². The first-order valence-electron chi connectivity index (χ1n) is 7.19. The van der Waals surface area contributed by atoms with Crippen molar-refractivity contribution in [1.82, 2.24) is 15.1 Å². The Hall–Kier alpha value is -1.75. The molecule has 21 heavy (non-hydrogen) atoms. The highest BCUT2D eigenvalue weighted by molar-refractivity contribution is 5.23. The molecule has 114 valence electrons. The van der Waals surface area contributed by atoms with Gasteiger partial charge >= 0.3 is 0 Å². The summed E-state index contributed by atoms with van der Waals surface area (Å²) in [5.41, 5.74) is 2.27. The maximum Gasteiger partial charge on any atom is 0.126 e. The third kappa shape index (κ3) is 3.88. The van der Waals surface area contributed by atoms with Crippen LogP contribution in [0.3, 0.4) is 0 Å². The fraction of sp³-hybridized carbons (Fsp3) is 0.438. The van der Waals surface area contributed by atoms with Crippen molar-refractivity contribution in [2.45, 2.75) is 32.7 Å². The van der Waals surface area contributed by atoms with Crippen LogP contribution in [-0.2, 0) is 13.5 Å². The first-order valence-corrected chi connectivity index (χ1v) is 7.19. The van der Waals surface area contributed by atoms with Gasteiger partial charge in [0, 0.05) is 7.05 Å². The number of aromatic nitrogens is 2. The van der Waals surface area contributed by atoms with E-state index in [4.69, 9.17) is 0 Å². The lowest BCUT2D eigenvalue weighted by Crippen LogP contribution is -2.26. The summed E-state index contributed by atoms with van der Waals surface area (Å²) in [5.74, 6) is -0.791. The molecule has 1 heterocycles. The van der Waals surface area contributed by atoms with Gasteiger partial charge in [0.05, 0.1) is 17.4 Å². The molecule has 0 fully saturated rings. The van der Waals surface area contributed by atoms with E-state index in [1.807, 2.05) is 20.0 Å². The van der Waals surface area contributed by atoms with Gasteiger partial charge < -0.3 is 5.32 Å². The average molecular weight is 293 g/mol. The van der Waals surface area contributed by atoms with Crippen LogP contribution in [0.4, 0.5) is 8.78 Å². The summed E-state index contributed by atoms with van der Waals surface area (Å²) >= 11 is 0. The highest BCUT2D eigenvalue weighted by Crippen LogP contribution is 2.21. The Morgan fingerprint density at radius 1 is 1.29 bits per heavy atom. The fourth-order valence-electron chi connectivity index (χ4n) is 2.48. The Balaban J connectivity index is 2.28. The molecule has 3 nitrogen and oxygen atoms in total. The van der Waals surface area contributed by atoms with Gasteiger partial charge in [-0.25, -0.2) is 8.78 Å². The van der Waals surface area contributed by atoms with E-state index in [9.17, 15) is 8.78 Å². The van der Waals surface area contributed by atoms with Crippen molar-refractivity contribution >= 4 is 0 Å². The van der Waals surface area contributed by atoms with Gasteiger partial charge in [-0.2, -0.15) is 5.10 Å². The van der Waals surface area contributed by atoms with Crippen molar-refractivity contribution in [3.63, 3.8) is 0 Å². The van der Waals surface area contributed by atoms with E-state index in [0.717, 1.165) is 30.4 Å². The quantitative estimate of drug-likeness (QED) is 0.885. The topological polar surface area (TPSA) is 29.9 Å². The summed E-state index contributed by atoms with van der Waals surface area (Å²) in [7, 11) is 1.87. The summed E-state index contributed by atoms with van der Waals surface area (Å²) in [4.78, 5) is 0. The maximum absolute atomic E-state index is 13.9. The molecule has 0 aliphatic heterocycles. The lowest BCUT2D eigenvalue weighted by Gasteiger charge is -2.19. The zero-order valence-corrected chi connectivity index (χ0v) is 12.7. The third-order valence-electron chi connectivity index (χ3n) is 3.47. The van der Waals surface area contributed by atoms with Gasteiger partial charge in [0.25, 0.3) is 0 Å². The molecule has 1 aromatic carbocycles. The second kappa shape index (κ2) is 6.80. The summed E-state index contributed by atoms with van der Waals surface area (Å²) in [5, 5.41) is 7.72. The van der Waals surface area contributed by atoms with Crippen molar-refractivity contribution in [3.8, 4) is 0 Å². The molecule has 2 rings (SSSR count). The molecule has 0 aliphatic rings. The smallest absolute Gasteiger partial charge is 0.126 e. The molecule has 0 bridgehead atoms. The van der Waals surface area contributed by atoms with Crippen LogP contribution in [0.1, 0.15) is 36.3 Å². The lowest BCUT2D eigenvalue weighted by molar-refractivity contribution is 0.480. The number of nitrogens with one attached hydrogen (secondary N) is 1. The summed E-state index contributed by atoms with van der Waals surface area (Å²) in [6.07, 6.45) is 1.36. The highest BCUT2D eigenvalue weighted by atomic mass is 19.1. The number of hydrogen-bond donors (Lipinski definition) is 1. The van der Waals surface area contributed by atoms with E-state index in [1.165, 1.54) is 12.1 Å². The SMILES string of the molecule is CCCNC(Cc1cc(F)ccc1F)c1cc(C)nn1C. The molecule has 0 aliphatic carbocycles. The first-order chi connectivity index (χ1) is 10.0. The molecule has 2 aromatic rings. The average Bonchev–Trinajstić information content (AvgIpc) is 2.77. The molecule has 1 unspecified atom stereocenters.